The Morgan fingerprint density at radius 3 is 2.65 bits per heavy atom. The minimum Gasteiger partial charge on any atom is -0.504 e. The highest BCUT2D eigenvalue weighted by Gasteiger charge is 2.16. The van der Waals surface area contributed by atoms with Gasteiger partial charge in [0.05, 0.1) is 18.6 Å². The Labute approximate surface area is 134 Å². The second-order valence-electron chi connectivity index (χ2n) is 5.21. The quantitative estimate of drug-likeness (QED) is 0.545. The number of benzene rings is 1. The Bertz CT molecular complexity index is 691. The molecule has 0 spiro atoms. The van der Waals surface area contributed by atoms with Crippen LogP contribution in [0.1, 0.15) is 32.6 Å². The van der Waals surface area contributed by atoms with Crippen molar-refractivity contribution in [3.05, 3.63) is 28.6 Å². The van der Waals surface area contributed by atoms with Gasteiger partial charge in [-0.1, -0.05) is 13.3 Å². The Morgan fingerprint density at radius 1 is 1.13 bits per heavy atom. The van der Waals surface area contributed by atoms with Crippen molar-refractivity contribution in [3.63, 3.8) is 0 Å². The van der Waals surface area contributed by atoms with E-state index in [0.717, 1.165) is 19.3 Å². The summed E-state index contributed by atoms with van der Waals surface area (Å²) in [5.41, 5.74) is -0.416. The maximum Gasteiger partial charge on any atom is 0.383 e. The Hall–Kier alpha value is -2.21. The van der Waals surface area contributed by atoms with Gasteiger partial charge >= 0.3 is 5.63 Å². The summed E-state index contributed by atoms with van der Waals surface area (Å²) in [6.45, 7) is 2.94. The number of ether oxygens (including phenoxy) is 2. The predicted octanol–water partition coefficient (Wildman–Crippen LogP) is 2.83. The van der Waals surface area contributed by atoms with E-state index in [4.69, 9.17) is 19.0 Å². The van der Waals surface area contributed by atoms with Gasteiger partial charge in [0.15, 0.2) is 5.75 Å². The topological polar surface area (TPSA) is 89.1 Å². The average molecular weight is 322 g/mol. The average Bonchev–Trinajstić information content (AvgIpc) is 2.55. The number of fused-ring (bicyclic) bond motifs is 1. The van der Waals surface area contributed by atoms with Crippen molar-refractivity contribution in [1.82, 2.24) is 0 Å². The molecule has 0 amide bonds. The van der Waals surface area contributed by atoms with Gasteiger partial charge in [0, 0.05) is 6.61 Å². The predicted molar refractivity (Wildman–Crippen MR) is 86.4 cm³/mol. The van der Waals surface area contributed by atoms with Crippen molar-refractivity contribution in [1.29, 1.82) is 0 Å². The summed E-state index contributed by atoms with van der Waals surface area (Å²) in [5.74, 6) is 0.163. The van der Waals surface area contributed by atoms with E-state index in [-0.39, 0.29) is 23.7 Å². The Balaban J connectivity index is 2.23. The third kappa shape index (κ3) is 4.39. The van der Waals surface area contributed by atoms with E-state index in [9.17, 15) is 9.90 Å². The number of unbranched alkanes of at least 4 members (excludes halogenated alkanes) is 2. The molecule has 1 aromatic carbocycles. The van der Waals surface area contributed by atoms with E-state index in [1.54, 1.807) is 18.2 Å². The van der Waals surface area contributed by atoms with Gasteiger partial charge in [0.1, 0.15) is 11.3 Å². The number of hydrogen-bond acceptors (Lipinski definition) is 6. The second-order valence-corrected chi connectivity index (χ2v) is 5.21. The third-order valence-corrected chi connectivity index (χ3v) is 3.37. The second kappa shape index (κ2) is 8.43. The van der Waals surface area contributed by atoms with Crippen LogP contribution in [0.5, 0.6) is 17.2 Å². The fourth-order valence-electron chi connectivity index (χ4n) is 2.09. The first-order chi connectivity index (χ1) is 11.2. The lowest BCUT2D eigenvalue weighted by Crippen LogP contribution is -2.08. The summed E-state index contributed by atoms with van der Waals surface area (Å²) in [4.78, 5) is 11.9. The van der Waals surface area contributed by atoms with Gasteiger partial charge < -0.3 is 24.1 Å². The molecule has 0 aliphatic rings. The molecule has 0 bridgehead atoms. The molecule has 0 aliphatic carbocycles. The monoisotopic (exact) mass is 322 g/mol. The number of hydrogen-bond donors (Lipinski definition) is 2. The summed E-state index contributed by atoms with van der Waals surface area (Å²) in [6.07, 6.45) is 3.11. The number of aliphatic hydroxyl groups is 1. The Morgan fingerprint density at radius 2 is 1.91 bits per heavy atom. The van der Waals surface area contributed by atoms with E-state index in [0.29, 0.717) is 30.8 Å². The van der Waals surface area contributed by atoms with E-state index in [1.165, 1.54) is 0 Å². The first-order valence-corrected chi connectivity index (χ1v) is 7.83. The van der Waals surface area contributed by atoms with Gasteiger partial charge in [0.25, 0.3) is 0 Å². The van der Waals surface area contributed by atoms with Crippen LogP contribution in [-0.4, -0.2) is 30.0 Å². The van der Waals surface area contributed by atoms with Crippen LogP contribution in [0.4, 0.5) is 0 Å². The lowest BCUT2D eigenvalue weighted by atomic mass is 10.2. The minimum absolute atomic E-state index is 0.130. The van der Waals surface area contributed by atoms with E-state index in [2.05, 4.69) is 0 Å². The van der Waals surface area contributed by atoms with E-state index >= 15 is 0 Å². The van der Waals surface area contributed by atoms with Crippen LogP contribution in [0.3, 0.4) is 0 Å². The molecule has 2 N–H and O–H groups in total. The molecule has 0 aliphatic heterocycles. The third-order valence-electron chi connectivity index (χ3n) is 3.37. The smallest absolute Gasteiger partial charge is 0.383 e. The fraction of sp³-hybridized carbons (Fsp3) is 0.471. The van der Waals surface area contributed by atoms with E-state index in [1.807, 2.05) is 6.92 Å². The van der Waals surface area contributed by atoms with Crippen LogP contribution in [0.2, 0.25) is 0 Å². The summed E-state index contributed by atoms with van der Waals surface area (Å²) in [6, 6.07) is 4.86. The molecule has 0 saturated carbocycles. The SMILES string of the molecule is CCCCOc1c(O)c2cc(OCCCCO)ccc2oc1=O. The number of rotatable bonds is 9. The normalized spacial score (nSPS) is 10.9. The zero-order valence-corrected chi connectivity index (χ0v) is 13.2. The molecule has 2 aromatic rings. The van der Waals surface area contributed by atoms with Crippen molar-refractivity contribution < 1.29 is 24.1 Å². The van der Waals surface area contributed by atoms with Gasteiger partial charge in [-0.05, 0) is 37.5 Å². The highest BCUT2D eigenvalue weighted by Crippen LogP contribution is 2.33. The summed E-state index contributed by atoms with van der Waals surface area (Å²) >= 11 is 0. The van der Waals surface area contributed by atoms with Gasteiger partial charge in [0.2, 0.25) is 5.75 Å². The molecule has 1 heterocycles. The van der Waals surface area contributed by atoms with Gasteiger partial charge in [-0.15, -0.1) is 0 Å². The molecule has 0 fully saturated rings. The molecule has 1 aromatic heterocycles. The first-order valence-electron chi connectivity index (χ1n) is 7.83. The molecule has 6 heteroatoms. The number of aromatic hydroxyl groups is 1. The summed E-state index contributed by atoms with van der Waals surface area (Å²) in [5, 5.41) is 19.4. The van der Waals surface area contributed by atoms with Crippen LogP contribution < -0.4 is 15.1 Å². The van der Waals surface area contributed by atoms with E-state index < -0.39 is 5.63 Å². The maximum atomic E-state index is 11.9. The molecule has 126 valence electrons. The summed E-state index contributed by atoms with van der Waals surface area (Å²) < 4.78 is 16.1. The van der Waals surface area contributed by atoms with Crippen molar-refractivity contribution in [2.24, 2.45) is 0 Å². The lowest BCUT2D eigenvalue weighted by Gasteiger charge is -2.10. The highest BCUT2D eigenvalue weighted by molar-refractivity contribution is 5.86. The standard InChI is InChI=1S/C17H22O6/c1-2-3-9-22-16-15(19)13-11-12(21-10-5-4-8-18)6-7-14(13)23-17(16)20/h6-7,11,18-19H,2-5,8-10H2,1H3. The zero-order chi connectivity index (χ0) is 16.7. The van der Waals surface area contributed by atoms with Crippen molar-refractivity contribution in [3.8, 4) is 17.2 Å². The summed E-state index contributed by atoms with van der Waals surface area (Å²) in [7, 11) is 0. The minimum atomic E-state index is -0.692. The van der Waals surface area contributed by atoms with Crippen LogP contribution in [-0.2, 0) is 0 Å². The molecule has 0 radical (unpaired) electrons. The van der Waals surface area contributed by atoms with Crippen LogP contribution in [0.25, 0.3) is 11.0 Å². The van der Waals surface area contributed by atoms with Gasteiger partial charge in [-0.2, -0.15) is 0 Å². The van der Waals surface area contributed by atoms with Gasteiger partial charge in [-0.3, -0.25) is 0 Å². The molecule has 0 saturated heterocycles. The van der Waals surface area contributed by atoms with Crippen LogP contribution in [0.15, 0.2) is 27.4 Å². The zero-order valence-electron chi connectivity index (χ0n) is 13.2. The molecule has 6 nitrogen and oxygen atoms in total. The highest BCUT2D eigenvalue weighted by atomic mass is 16.5. The molecular formula is C17H22O6. The molecule has 2 rings (SSSR count). The van der Waals surface area contributed by atoms with Gasteiger partial charge in [-0.25, -0.2) is 4.79 Å². The van der Waals surface area contributed by atoms with Crippen molar-refractivity contribution >= 4 is 11.0 Å². The van der Waals surface area contributed by atoms with Crippen LogP contribution >= 0.6 is 0 Å². The molecular weight excluding hydrogens is 300 g/mol. The maximum absolute atomic E-state index is 11.9. The molecule has 0 unspecified atom stereocenters. The fourth-order valence-corrected chi connectivity index (χ4v) is 2.09. The molecule has 0 atom stereocenters. The largest absolute Gasteiger partial charge is 0.504 e. The van der Waals surface area contributed by atoms with Crippen molar-refractivity contribution in [2.45, 2.75) is 32.6 Å². The number of aliphatic hydroxyl groups excluding tert-OH is 1. The Kier molecular flexibility index (Phi) is 6.29. The van der Waals surface area contributed by atoms with Crippen LogP contribution in [0, 0.1) is 0 Å². The first kappa shape index (κ1) is 17.1. The molecule has 23 heavy (non-hydrogen) atoms. The lowest BCUT2D eigenvalue weighted by molar-refractivity contribution is 0.253. The van der Waals surface area contributed by atoms with Crippen molar-refractivity contribution in [2.75, 3.05) is 19.8 Å².